The zero-order chi connectivity index (χ0) is 14.0. The summed E-state index contributed by atoms with van der Waals surface area (Å²) in [6.07, 6.45) is 5.74. The molecule has 0 bridgehead atoms. The van der Waals surface area contributed by atoms with Crippen LogP contribution >= 0.6 is 0 Å². The summed E-state index contributed by atoms with van der Waals surface area (Å²) >= 11 is 0. The van der Waals surface area contributed by atoms with Gasteiger partial charge in [-0.1, -0.05) is 27.2 Å². The van der Waals surface area contributed by atoms with Crippen LogP contribution in [0.3, 0.4) is 0 Å². The van der Waals surface area contributed by atoms with Crippen molar-refractivity contribution >= 4 is 0 Å². The molecule has 4 heteroatoms. The van der Waals surface area contributed by atoms with Crippen LogP contribution in [0.1, 0.15) is 57.3 Å². The predicted octanol–water partition coefficient (Wildman–Crippen LogP) is 2.63. The Balaban J connectivity index is 2.34. The van der Waals surface area contributed by atoms with E-state index >= 15 is 0 Å². The van der Waals surface area contributed by atoms with Gasteiger partial charge in [-0.05, 0) is 25.3 Å². The molecule has 1 heterocycles. The molecule has 0 saturated heterocycles. The second kappa shape index (κ2) is 5.45. The average molecular weight is 263 g/mol. The summed E-state index contributed by atoms with van der Waals surface area (Å²) in [5.74, 6) is 2.51. The molecule has 19 heavy (non-hydrogen) atoms. The summed E-state index contributed by atoms with van der Waals surface area (Å²) in [5, 5.41) is 0. The maximum absolute atomic E-state index is 5.95. The fourth-order valence-corrected chi connectivity index (χ4v) is 2.57. The van der Waals surface area contributed by atoms with Crippen molar-refractivity contribution in [3.8, 4) is 5.88 Å². The lowest BCUT2D eigenvalue weighted by atomic mass is 9.73. The summed E-state index contributed by atoms with van der Waals surface area (Å²) in [7, 11) is 1.67. The number of hydrogen-bond acceptors (Lipinski definition) is 4. The number of methoxy groups -OCH3 is 1. The molecule has 0 radical (unpaired) electrons. The molecule has 0 aliphatic heterocycles. The highest BCUT2D eigenvalue weighted by Crippen LogP contribution is 2.41. The summed E-state index contributed by atoms with van der Waals surface area (Å²) in [6, 6.07) is 0. The zero-order valence-electron chi connectivity index (χ0n) is 12.4. The molecule has 1 unspecified atom stereocenters. The first kappa shape index (κ1) is 14.3. The largest absolute Gasteiger partial charge is 0.481 e. The Morgan fingerprint density at radius 3 is 2.53 bits per heavy atom. The minimum atomic E-state index is -0.0690. The number of nitrogens with two attached hydrogens (primary N) is 1. The minimum absolute atomic E-state index is 0.0690. The van der Waals surface area contributed by atoms with Crippen molar-refractivity contribution in [3.63, 3.8) is 0 Å². The molecule has 1 aliphatic rings. The van der Waals surface area contributed by atoms with E-state index < -0.39 is 0 Å². The fourth-order valence-electron chi connectivity index (χ4n) is 2.57. The van der Waals surface area contributed by atoms with Gasteiger partial charge >= 0.3 is 0 Å². The molecule has 1 aliphatic carbocycles. The molecule has 1 aromatic rings. The number of ether oxygens (including phenoxy) is 1. The molecule has 1 atom stereocenters. The van der Waals surface area contributed by atoms with Crippen LogP contribution in [0, 0.1) is 5.92 Å². The highest BCUT2D eigenvalue weighted by Gasteiger charge is 2.31. The van der Waals surface area contributed by atoms with Crippen LogP contribution in [-0.2, 0) is 5.41 Å². The van der Waals surface area contributed by atoms with Crippen molar-refractivity contribution in [3.05, 3.63) is 17.6 Å². The fraction of sp³-hybridized carbons (Fsp3) is 0.733. The topological polar surface area (TPSA) is 61.0 Å². The van der Waals surface area contributed by atoms with Crippen molar-refractivity contribution in [1.29, 1.82) is 0 Å². The van der Waals surface area contributed by atoms with E-state index in [9.17, 15) is 0 Å². The van der Waals surface area contributed by atoms with Crippen molar-refractivity contribution in [2.24, 2.45) is 11.7 Å². The Morgan fingerprint density at radius 1 is 1.42 bits per heavy atom. The number of nitrogens with zero attached hydrogens (tertiary/aromatic N) is 2. The maximum atomic E-state index is 5.95. The van der Waals surface area contributed by atoms with Gasteiger partial charge in [-0.15, -0.1) is 0 Å². The molecule has 0 amide bonds. The Labute approximate surface area is 115 Å². The van der Waals surface area contributed by atoms with E-state index in [2.05, 4.69) is 30.7 Å². The van der Waals surface area contributed by atoms with Crippen LogP contribution in [0.5, 0.6) is 5.88 Å². The van der Waals surface area contributed by atoms with Gasteiger partial charge in [0.25, 0.3) is 0 Å². The van der Waals surface area contributed by atoms with Crippen molar-refractivity contribution in [2.45, 2.75) is 51.4 Å². The van der Waals surface area contributed by atoms with Crippen LogP contribution in [0.25, 0.3) is 0 Å². The van der Waals surface area contributed by atoms with Crippen LogP contribution in [0.2, 0.25) is 0 Å². The smallest absolute Gasteiger partial charge is 0.219 e. The van der Waals surface area contributed by atoms with Crippen LogP contribution < -0.4 is 10.5 Å². The lowest BCUT2D eigenvalue weighted by Crippen LogP contribution is -2.28. The molecule has 2 N–H and O–H groups in total. The number of aromatic nitrogens is 2. The highest BCUT2D eigenvalue weighted by atomic mass is 16.5. The van der Waals surface area contributed by atoms with Crippen molar-refractivity contribution in [2.75, 3.05) is 13.7 Å². The SMILES string of the molecule is COc1nc(C(C)(C)C)ncc1C(CN)C1CCC1. The van der Waals surface area contributed by atoms with E-state index in [1.807, 2.05) is 6.20 Å². The van der Waals surface area contributed by atoms with Crippen molar-refractivity contribution < 1.29 is 4.74 Å². The van der Waals surface area contributed by atoms with Gasteiger partial charge in [0.2, 0.25) is 5.88 Å². The van der Waals surface area contributed by atoms with Gasteiger partial charge in [-0.2, -0.15) is 4.98 Å². The van der Waals surface area contributed by atoms with Gasteiger partial charge < -0.3 is 10.5 Å². The van der Waals surface area contributed by atoms with Gasteiger partial charge in [0, 0.05) is 23.1 Å². The first-order valence-corrected chi connectivity index (χ1v) is 7.09. The van der Waals surface area contributed by atoms with Gasteiger partial charge in [-0.3, -0.25) is 0 Å². The van der Waals surface area contributed by atoms with E-state index in [1.54, 1.807) is 7.11 Å². The molecular weight excluding hydrogens is 238 g/mol. The molecule has 4 nitrogen and oxygen atoms in total. The summed E-state index contributed by atoms with van der Waals surface area (Å²) in [4.78, 5) is 9.10. The first-order chi connectivity index (χ1) is 8.97. The monoisotopic (exact) mass is 263 g/mol. The lowest BCUT2D eigenvalue weighted by Gasteiger charge is -2.33. The normalized spacial score (nSPS) is 17.9. The maximum Gasteiger partial charge on any atom is 0.219 e. The molecule has 0 aromatic carbocycles. The number of hydrogen-bond donors (Lipinski definition) is 1. The lowest BCUT2D eigenvalue weighted by molar-refractivity contribution is 0.257. The molecule has 2 rings (SSSR count). The zero-order valence-corrected chi connectivity index (χ0v) is 12.4. The van der Waals surface area contributed by atoms with Gasteiger partial charge in [0.15, 0.2) is 0 Å². The van der Waals surface area contributed by atoms with E-state index in [-0.39, 0.29) is 5.41 Å². The highest BCUT2D eigenvalue weighted by molar-refractivity contribution is 5.30. The molecule has 106 valence electrons. The number of rotatable bonds is 4. The first-order valence-electron chi connectivity index (χ1n) is 7.09. The summed E-state index contributed by atoms with van der Waals surface area (Å²) in [6.45, 7) is 6.95. The Bertz CT molecular complexity index is 436. The van der Waals surface area contributed by atoms with Crippen LogP contribution in [0.4, 0.5) is 0 Å². The summed E-state index contributed by atoms with van der Waals surface area (Å²) in [5.41, 5.74) is 6.95. The Hall–Kier alpha value is -1.16. The van der Waals surface area contributed by atoms with Crippen LogP contribution in [-0.4, -0.2) is 23.6 Å². The third-order valence-electron chi connectivity index (χ3n) is 4.02. The van der Waals surface area contributed by atoms with Gasteiger partial charge in [0.1, 0.15) is 5.82 Å². The molecule has 1 fully saturated rings. The molecule has 0 spiro atoms. The van der Waals surface area contributed by atoms with E-state index in [4.69, 9.17) is 10.5 Å². The standard InChI is InChI=1S/C15H25N3O/c1-15(2,3)14-17-9-12(13(18-14)19-4)11(8-16)10-6-5-7-10/h9-11H,5-8,16H2,1-4H3. The Morgan fingerprint density at radius 2 is 2.11 bits per heavy atom. The predicted molar refractivity (Wildman–Crippen MR) is 76.4 cm³/mol. The molecule has 1 aromatic heterocycles. The van der Waals surface area contributed by atoms with E-state index in [0.717, 1.165) is 11.4 Å². The second-order valence-corrected chi connectivity index (χ2v) is 6.44. The van der Waals surface area contributed by atoms with Gasteiger partial charge in [-0.25, -0.2) is 4.98 Å². The van der Waals surface area contributed by atoms with Gasteiger partial charge in [0.05, 0.1) is 7.11 Å². The van der Waals surface area contributed by atoms with Crippen LogP contribution in [0.15, 0.2) is 6.20 Å². The van der Waals surface area contributed by atoms with Crippen molar-refractivity contribution in [1.82, 2.24) is 9.97 Å². The molecular formula is C15H25N3O. The minimum Gasteiger partial charge on any atom is -0.481 e. The quantitative estimate of drug-likeness (QED) is 0.907. The third kappa shape index (κ3) is 2.89. The summed E-state index contributed by atoms with van der Waals surface area (Å²) < 4.78 is 5.48. The molecule has 1 saturated carbocycles. The van der Waals surface area contributed by atoms with E-state index in [1.165, 1.54) is 19.3 Å². The third-order valence-corrected chi connectivity index (χ3v) is 4.02. The second-order valence-electron chi connectivity index (χ2n) is 6.44. The Kier molecular flexibility index (Phi) is 4.09. The van der Waals surface area contributed by atoms with E-state index in [0.29, 0.717) is 24.3 Å². The average Bonchev–Trinajstić information content (AvgIpc) is 2.31.